The SMILES string of the molecule is CC(C)NC(=O)N(C)C[C@H]1Oc2ccc(NS(=O)(=O)c3cn(C)cn3)cc2CC(=O)N([C@@H](C)CO)C[C@@H]1C. The van der Waals surface area contributed by atoms with Crippen LogP contribution in [0.3, 0.4) is 0 Å². The predicted octanol–water partition coefficient (Wildman–Crippen LogP) is 1.42. The molecule has 2 heterocycles. The van der Waals surface area contributed by atoms with Gasteiger partial charge in [-0.2, -0.15) is 8.42 Å². The summed E-state index contributed by atoms with van der Waals surface area (Å²) in [6, 6.07) is 4.05. The van der Waals surface area contributed by atoms with Crippen LogP contribution in [0.25, 0.3) is 0 Å². The van der Waals surface area contributed by atoms with E-state index in [1.807, 2.05) is 20.8 Å². The summed E-state index contributed by atoms with van der Waals surface area (Å²) in [5.74, 6) is 0.0160. The zero-order valence-corrected chi connectivity index (χ0v) is 23.5. The molecule has 12 nitrogen and oxygen atoms in total. The molecule has 13 heteroatoms. The number of amides is 3. The number of aromatic nitrogens is 2. The molecule has 0 spiro atoms. The number of fused-ring (bicyclic) bond motifs is 1. The monoisotopic (exact) mass is 550 g/mol. The van der Waals surface area contributed by atoms with E-state index in [0.717, 1.165) is 0 Å². The van der Waals surface area contributed by atoms with E-state index >= 15 is 0 Å². The average Bonchev–Trinajstić information content (AvgIpc) is 3.30. The van der Waals surface area contributed by atoms with Gasteiger partial charge in [0.2, 0.25) is 5.91 Å². The summed E-state index contributed by atoms with van der Waals surface area (Å²) in [6.07, 6.45) is 2.25. The Morgan fingerprint density at radius 1 is 1.32 bits per heavy atom. The number of aliphatic hydroxyl groups is 1. The number of anilines is 1. The van der Waals surface area contributed by atoms with Gasteiger partial charge in [0, 0.05) is 50.0 Å². The number of aliphatic hydroxyl groups excluding tert-OH is 1. The van der Waals surface area contributed by atoms with E-state index in [2.05, 4.69) is 15.0 Å². The molecular weight excluding hydrogens is 512 g/mol. The number of aryl methyl sites for hydroxylation is 1. The highest BCUT2D eigenvalue weighted by atomic mass is 32.2. The van der Waals surface area contributed by atoms with Crippen LogP contribution < -0.4 is 14.8 Å². The van der Waals surface area contributed by atoms with Crippen molar-refractivity contribution in [2.45, 2.75) is 57.3 Å². The van der Waals surface area contributed by atoms with Crippen molar-refractivity contribution in [2.75, 3.05) is 31.5 Å². The highest BCUT2D eigenvalue weighted by Gasteiger charge is 2.32. The summed E-state index contributed by atoms with van der Waals surface area (Å²) < 4.78 is 36.0. The van der Waals surface area contributed by atoms with Crippen molar-refractivity contribution in [2.24, 2.45) is 13.0 Å². The number of hydrogen-bond donors (Lipinski definition) is 3. The number of rotatable bonds is 8. The van der Waals surface area contributed by atoms with E-state index in [0.29, 0.717) is 17.9 Å². The highest BCUT2D eigenvalue weighted by Crippen LogP contribution is 2.30. The largest absolute Gasteiger partial charge is 0.488 e. The lowest BCUT2D eigenvalue weighted by Gasteiger charge is -2.34. The topological polar surface area (TPSA) is 146 Å². The molecule has 3 atom stereocenters. The van der Waals surface area contributed by atoms with Gasteiger partial charge in [-0.3, -0.25) is 9.52 Å². The molecule has 0 bridgehead atoms. The molecule has 1 aromatic heterocycles. The molecule has 1 aliphatic rings. The number of benzene rings is 1. The van der Waals surface area contributed by atoms with Gasteiger partial charge in [0.05, 0.1) is 31.9 Å². The number of carbonyl (C=O) groups is 2. The van der Waals surface area contributed by atoms with E-state index in [9.17, 15) is 23.1 Å². The number of hydrogen-bond acceptors (Lipinski definition) is 7. The zero-order chi connectivity index (χ0) is 28.2. The smallest absolute Gasteiger partial charge is 0.317 e. The molecule has 38 heavy (non-hydrogen) atoms. The van der Waals surface area contributed by atoms with E-state index in [4.69, 9.17) is 4.74 Å². The number of nitrogens with one attached hydrogen (secondary N) is 2. The van der Waals surface area contributed by atoms with Gasteiger partial charge in [0.25, 0.3) is 10.0 Å². The molecule has 0 radical (unpaired) electrons. The van der Waals surface area contributed by atoms with E-state index < -0.39 is 22.2 Å². The van der Waals surface area contributed by atoms with Gasteiger partial charge in [0.1, 0.15) is 11.9 Å². The van der Waals surface area contributed by atoms with Crippen LogP contribution in [0.5, 0.6) is 5.75 Å². The second-order valence-corrected chi connectivity index (χ2v) is 11.8. The molecule has 0 unspecified atom stereocenters. The van der Waals surface area contributed by atoms with Crippen LogP contribution >= 0.6 is 0 Å². The second-order valence-electron chi connectivity index (χ2n) is 10.2. The fraction of sp³-hybridized carbons (Fsp3) is 0.560. The minimum atomic E-state index is -3.94. The summed E-state index contributed by atoms with van der Waals surface area (Å²) in [4.78, 5) is 32.9. The number of nitrogens with zero attached hydrogens (tertiary/aromatic N) is 4. The van der Waals surface area contributed by atoms with Crippen LogP contribution in [0.2, 0.25) is 0 Å². The Bertz CT molecular complexity index is 1250. The first-order valence-corrected chi connectivity index (χ1v) is 14.0. The van der Waals surface area contributed by atoms with Crippen molar-refractivity contribution in [1.29, 1.82) is 0 Å². The maximum absolute atomic E-state index is 13.3. The molecule has 3 amide bonds. The Balaban J connectivity index is 1.95. The molecule has 210 valence electrons. The van der Waals surface area contributed by atoms with Crippen LogP contribution in [0.1, 0.15) is 33.3 Å². The summed E-state index contributed by atoms with van der Waals surface area (Å²) in [6.45, 7) is 7.81. The van der Waals surface area contributed by atoms with Crippen LogP contribution in [0, 0.1) is 5.92 Å². The fourth-order valence-electron chi connectivity index (χ4n) is 4.16. The normalized spacial score (nSPS) is 19.1. The Morgan fingerprint density at radius 2 is 2.03 bits per heavy atom. The first-order valence-electron chi connectivity index (χ1n) is 12.5. The Morgan fingerprint density at radius 3 is 2.63 bits per heavy atom. The van der Waals surface area contributed by atoms with E-state index in [-0.39, 0.29) is 54.2 Å². The highest BCUT2D eigenvalue weighted by molar-refractivity contribution is 7.92. The van der Waals surface area contributed by atoms with Crippen LogP contribution in [-0.2, 0) is 28.3 Å². The first-order chi connectivity index (χ1) is 17.8. The molecule has 3 N–H and O–H groups in total. The Kier molecular flexibility index (Phi) is 9.26. The van der Waals surface area contributed by atoms with Gasteiger partial charge in [-0.25, -0.2) is 9.78 Å². The summed E-state index contributed by atoms with van der Waals surface area (Å²) in [7, 11) is -0.594. The Hall–Kier alpha value is -3.32. The fourth-order valence-corrected chi connectivity index (χ4v) is 5.19. The second kappa shape index (κ2) is 12.0. The Labute approximate surface area is 224 Å². The van der Waals surface area contributed by atoms with Gasteiger partial charge in [-0.15, -0.1) is 0 Å². The minimum Gasteiger partial charge on any atom is -0.488 e. The summed E-state index contributed by atoms with van der Waals surface area (Å²) in [5, 5.41) is 12.5. The van der Waals surface area contributed by atoms with Gasteiger partial charge in [-0.1, -0.05) is 6.92 Å². The predicted molar refractivity (Wildman–Crippen MR) is 142 cm³/mol. The van der Waals surface area contributed by atoms with Crippen molar-refractivity contribution in [3.8, 4) is 5.75 Å². The molecule has 1 aromatic carbocycles. The van der Waals surface area contributed by atoms with Crippen molar-refractivity contribution in [3.05, 3.63) is 36.3 Å². The summed E-state index contributed by atoms with van der Waals surface area (Å²) >= 11 is 0. The lowest BCUT2D eigenvalue weighted by Crippen LogP contribution is -2.49. The quantitative estimate of drug-likeness (QED) is 0.451. The number of ether oxygens (including phenoxy) is 1. The molecule has 0 saturated carbocycles. The van der Waals surface area contributed by atoms with Crippen molar-refractivity contribution in [3.63, 3.8) is 0 Å². The van der Waals surface area contributed by atoms with Gasteiger partial charge >= 0.3 is 6.03 Å². The lowest BCUT2D eigenvalue weighted by atomic mass is 10.0. The first kappa shape index (κ1) is 29.2. The molecule has 0 fully saturated rings. The van der Waals surface area contributed by atoms with E-state index in [1.165, 1.54) is 22.0 Å². The average molecular weight is 551 g/mol. The number of imidazole rings is 1. The minimum absolute atomic E-state index is 0.0312. The number of sulfonamides is 1. The number of likely N-dealkylation sites (N-methyl/N-ethyl adjacent to an activating group) is 1. The van der Waals surface area contributed by atoms with Gasteiger partial charge < -0.3 is 29.5 Å². The maximum Gasteiger partial charge on any atom is 0.317 e. The molecular formula is C25H38N6O6S. The molecule has 0 aliphatic carbocycles. The zero-order valence-electron chi connectivity index (χ0n) is 22.7. The van der Waals surface area contributed by atoms with Gasteiger partial charge in [0.15, 0.2) is 5.03 Å². The van der Waals surface area contributed by atoms with Crippen molar-refractivity contribution < 1.29 is 27.9 Å². The van der Waals surface area contributed by atoms with Crippen LogP contribution in [0.15, 0.2) is 35.7 Å². The third-order valence-electron chi connectivity index (χ3n) is 6.34. The van der Waals surface area contributed by atoms with Crippen LogP contribution in [-0.4, -0.2) is 89.7 Å². The number of urea groups is 1. The van der Waals surface area contributed by atoms with Crippen molar-refractivity contribution >= 4 is 27.6 Å². The molecule has 3 rings (SSSR count). The number of carbonyl (C=O) groups excluding carboxylic acids is 2. The summed E-state index contributed by atoms with van der Waals surface area (Å²) in [5.41, 5.74) is 0.740. The third-order valence-corrected chi connectivity index (χ3v) is 7.60. The standard InChI is InChI=1S/C25H38N6O6S/c1-16(2)27-25(34)30(6)12-22-17(3)11-31(18(4)14-32)24(33)10-19-9-20(7-8-21(19)37-22)28-38(35,36)23-13-29(5)15-26-23/h7-9,13,15-18,22,28,32H,10-12,14H2,1-6H3,(H,27,34)/t17-,18-,22+/m0/s1. The maximum atomic E-state index is 13.3. The molecule has 0 saturated heterocycles. The molecule has 1 aliphatic heterocycles. The molecule has 2 aromatic rings. The van der Waals surface area contributed by atoms with Crippen LogP contribution in [0.4, 0.5) is 10.5 Å². The van der Waals surface area contributed by atoms with Gasteiger partial charge in [-0.05, 0) is 39.0 Å². The third kappa shape index (κ3) is 7.16. The van der Waals surface area contributed by atoms with E-state index in [1.54, 1.807) is 44.1 Å². The van der Waals surface area contributed by atoms with Crippen molar-refractivity contribution in [1.82, 2.24) is 24.7 Å². The lowest BCUT2D eigenvalue weighted by molar-refractivity contribution is -0.134.